The van der Waals surface area contributed by atoms with Crippen LogP contribution in [-0.2, 0) is 13.0 Å². The van der Waals surface area contributed by atoms with E-state index in [4.69, 9.17) is 0 Å². The van der Waals surface area contributed by atoms with Crippen molar-refractivity contribution in [3.05, 3.63) is 35.4 Å². The summed E-state index contributed by atoms with van der Waals surface area (Å²) in [6.07, 6.45) is 5.85. The van der Waals surface area contributed by atoms with Gasteiger partial charge < -0.3 is 10.2 Å². The molecule has 2 amide bonds. The number of amides is 2. The fourth-order valence-corrected chi connectivity index (χ4v) is 3.65. The lowest BCUT2D eigenvalue weighted by Gasteiger charge is -2.30. The summed E-state index contributed by atoms with van der Waals surface area (Å²) in [5.41, 5.74) is 2.69. The van der Waals surface area contributed by atoms with E-state index in [1.54, 1.807) is 0 Å². The second-order valence-corrected chi connectivity index (χ2v) is 7.45. The molecular formula is C20H31N3O. The first-order valence-corrected chi connectivity index (χ1v) is 9.53. The number of carbonyl (C=O) groups excluding carboxylic acids is 1. The van der Waals surface area contributed by atoms with E-state index >= 15 is 0 Å². The summed E-state index contributed by atoms with van der Waals surface area (Å²) in [4.78, 5) is 16.6. The van der Waals surface area contributed by atoms with E-state index in [0.717, 1.165) is 51.4 Å². The van der Waals surface area contributed by atoms with E-state index in [9.17, 15) is 4.79 Å². The van der Waals surface area contributed by atoms with Crippen molar-refractivity contribution in [1.82, 2.24) is 15.1 Å². The number of likely N-dealkylation sites (tertiary alicyclic amines) is 2. The molecule has 2 heterocycles. The van der Waals surface area contributed by atoms with Crippen LogP contribution in [0.4, 0.5) is 4.79 Å². The minimum absolute atomic E-state index is 0.104. The predicted octanol–water partition coefficient (Wildman–Crippen LogP) is 3.27. The van der Waals surface area contributed by atoms with E-state index in [0.29, 0.717) is 0 Å². The third kappa shape index (κ3) is 4.97. The fourth-order valence-electron chi connectivity index (χ4n) is 3.65. The molecule has 0 aliphatic carbocycles. The van der Waals surface area contributed by atoms with Gasteiger partial charge in [0.05, 0.1) is 0 Å². The molecule has 0 aromatic heterocycles. The van der Waals surface area contributed by atoms with E-state index in [1.807, 2.05) is 4.90 Å². The van der Waals surface area contributed by atoms with E-state index in [-0.39, 0.29) is 6.03 Å². The number of rotatable bonds is 5. The Labute approximate surface area is 146 Å². The maximum Gasteiger partial charge on any atom is 0.317 e. The summed E-state index contributed by atoms with van der Waals surface area (Å²) in [7, 11) is 0. The number of urea groups is 1. The van der Waals surface area contributed by atoms with E-state index in [1.165, 1.54) is 37.1 Å². The minimum atomic E-state index is 0.104. The molecule has 0 unspecified atom stereocenters. The summed E-state index contributed by atoms with van der Waals surface area (Å²) in [5.74, 6) is 0.758. The number of hydrogen-bond acceptors (Lipinski definition) is 2. The van der Waals surface area contributed by atoms with Gasteiger partial charge in [0.1, 0.15) is 0 Å². The Bertz CT molecular complexity index is 514. The highest BCUT2D eigenvalue weighted by atomic mass is 16.2. The molecular weight excluding hydrogens is 298 g/mol. The maximum atomic E-state index is 12.2. The predicted molar refractivity (Wildman–Crippen MR) is 98.0 cm³/mol. The van der Waals surface area contributed by atoms with Crippen molar-refractivity contribution in [3.63, 3.8) is 0 Å². The third-order valence-corrected chi connectivity index (χ3v) is 5.39. The molecule has 1 N–H and O–H groups in total. The Morgan fingerprint density at radius 1 is 1.04 bits per heavy atom. The number of piperidine rings is 1. The van der Waals surface area contributed by atoms with Crippen molar-refractivity contribution in [2.45, 2.75) is 45.6 Å². The topological polar surface area (TPSA) is 35.6 Å². The number of carbonyl (C=O) groups is 1. The Hall–Kier alpha value is -1.55. The number of nitrogens with zero attached hydrogens (tertiary/aromatic N) is 2. The fraction of sp³-hybridized carbons (Fsp3) is 0.650. The van der Waals surface area contributed by atoms with Gasteiger partial charge >= 0.3 is 6.03 Å². The Kier molecular flexibility index (Phi) is 6.13. The Morgan fingerprint density at radius 3 is 2.33 bits per heavy atom. The molecule has 4 heteroatoms. The second-order valence-electron chi connectivity index (χ2n) is 7.45. The Morgan fingerprint density at radius 2 is 1.67 bits per heavy atom. The summed E-state index contributed by atoms with van der Waals surface area (Å²) in [6, 6.07) is 9.00. The normalized spacial score (nSPS) is 19.6. The van der Waals surface area contributed by atoms with Crippen LogP contribution in [-0.4, -0.2) is 48.6 Å². The lowest BCUT2D eigenvalue weighted by molar-refractivity contribution is 0.174. The van der Waals surface area contributed by atoms with Gasteiger partial charge in [0, 0.05) is 26.2 Å². The largest absolute Gasteiger partial charge is 0.338 e. The van der Waals surface area contributed by atoms with Crippen LogP contribution in [0.5, 0.6) is 0 Å². The molecule has 0 bridgehead atoms. The van der Waals surface area contributed by atoms with Crippen molar-refractivity contribution in [1.29, 1.82) is 0 Å². The molecule has 0 spiro atoms. The molecule has 3 rings (SSSR count). The van der Waals surface area contributed by atoms with Gasteiger partial charge in [-0.05, 0) is 62.2 Å². The molecule has 2 aliphatic rings. The van der Waals surface area contributed by atoms with Gasteiger partial charge in [0.15, 0.2) is 0 Å². The molecule has 1 aromatic rings. The zero-order valence-corrected chi connectivity index (χ0v) is 15.0. The molecule has 1 aromatic carbocycles. The van der Waals surface area contributed by atoms with Crippen molar-refractivity contribution in [3.8, 4) is 0 Å². The zero-order chi connectivity index (χ0) is 16.8. The summed E-state index contributed by atoms with van der Waals surface area (Å²) in [6.45, 7) is 8.34. The first kappa shape index (κ1) is 17.3. The molecule has 132 valence electrons. The summed E-state index contributed by atoms with van der Waals surface area (Å²) >= 11 is 0. The SMILES string of the molecule is CC1CCN(C(=O)NCCc2ccc(CN3CCCC3)cc2)CC1. The van der Waals surface area contributed by atoms with Gasteiger partial charge in [-0.1, -0.05) is 31.2 Å². The number of hydrogen-bond donors (Lipinski definition) is 1. The lowest BCUT2D eigenvalue weighted by Crippen LogP contribution is -2.44. The van der Waals surface area contributed by atoms with Gasteiger partial charge in [-0.3, -0.25) is 4.90 Å². The average molecular weight is 329 g/mol. The molecule has 2 fully saturated rings. The Balaban J connectivity index is 1.37. The molecule has 0 atom stereocenters. The van der Waals surface area contributed by atoms with Crippen LogP contribution in [0.15, 0.2) is 24.3 Å². The zero-order valence-electron chi connectivity index (χ0n) is 15.0. The van der Waals surface area contributed by atoms with Crippen LogP contribution >= 0.6 is 0 Å². The maximum absolute atomic E-state index is 12.2. The van der Waals surface area contributed by atoms with Crippen LogP contribution in [0, 0.1) is 5.92 Å². The smallest absolute Gasteiger partial charge is 0.317 e. The van der Waals surface area contributed by atoms with Gasteiger partial charge in [-0.2, -0.15) is 0 Å². The quantitative estimate of drug-likeness (QED) is 0.900. The van der Waals surface area contributed by atoms with Crippen LogP contribution in [0.2, 0.25) is 0 Å². The average Bonchev–Trinajstić information content (AvgIpc) is 3.10. The van der Waals surface area contributed by atoms with E-state index < -0.39 is 0 Å². The summed E-state index contributed by atoms with van der Waals surface area (Å²) in [5, 5.41) is 3.07. The highest BCUT2D eigenvalue weighted by Gasteiger charge is 2.19. The number of nitrogens with one attached hydrogen (secondary N) is 1. The second kappa shape index (κ2) is 8.52. The third-order valence-electron chi connectivity index (χ3n) is 5.39. The van der Waals surface area contributed by atoms with Gasteiger partial charge in [-0.25, -0.2) is 4.79 Å². The highest BCUT2D eigenvalue weighted by Crippen LogP contribution is 2.16. The first-order chi connectivity index (χ1) is 11.7. The van der Waals surface area contributed by atoms with Crippen molar-refractivity contribution in [2.75, 3.05) is 32.7 Å². The molecule has 0 saturated carbocycles. The highest BCUT2D eigenvalue weighted by molar-refractivity contribution is 5.74. The van der Waals surface area contributed by atoms with Crippen molar-refractivity contribution < 1.29 is 4.79 Å². The molecule has 24 heavy (non-hydrogen) atoms. The van der Waals surface area contributed by atoms with Gasteiger partial charge in [0.25, 0.3) is 0 Å². The first-order valence-electron chi connectivity index (χ1n) is 9.53. The monoisotopic (exact) mass is 329 g/mol. The lowest BCUT2D eigenvalue weighted by atomic mass is 10.00. The van der Waals surface area contributed by atoms with Crippen LogP contribution < -0.4 is 5.32 Å². The van der Waals surface area contributed by atoms with Crippen molar-refractivity contribution >= 4 is 6.03 Å². The molecule has 2 saturated heterocycles. The van der Waals surface area contributed by atoms with Gasteiger partial charge in [0.2, 0.25) is 0 Å². The molecule has 2 aliphatic heterocycles. The van der Waals surface area contributed by atoms with Crippen molar-refractivity contribution in [2.24, 2.45) is 5.92 Å². The van der Waals surface area contributed by atoms with Crippen LogP contribution in [0.1, 0.15) is 43.7 Å². The van der Waals surface area contributed by atoms with Crippen LogP contribution in [0.3, 0.4) is 0 Å². The van der Waals surface area contributed by atoms with E-state index in [2.05, 4.69) is 41.4 Å². The number of benzene rings is 1. The molecule has 0 radical (unpaired) electrons. The molecule has 4 nitrogen and oxygen atoms in total. The van der Waals surface area contributed by atoms with Gasteiger partial charge in [-0.15, -0.1) is 0 Å². The van der Waals surface area contributed by atoms with Crippen LogP contribution in [0.25, 0.3) is 0 Å². The summed E-state index contributed by atoms with van der Waals surface area (Å²) < 4.78 is 0. The standard InChI is InChI=1S/C20H31N3O/c1-17-9-14-23(15-10-17)20(24)21-11-8-18-4-6-19(7-5-18)16-22-12-2-3-13-22/h4-7,17H,2-3,8-16H2,1H3,(H,21,24). The minimum Gasteiger partial charge on any atom is -0.338 e.